The highest BCUT2D eigenvalue weighted by atomic mass is 32.2. The van der Waals surface area contributed by atoms with Gasteiger partial charge >= 0.3 is 0 Å². The first-order valence-corrected chi connectivity index (χ1v) is 9.44. The number of nitrogens with one attached hydrogen (secondary N) is 2. The summed E-state index contributed by atoms with van der Waals surface area (Å²) in [5.41, 5.74) is 4.62. The Balaban J connectivity index is 1.71. The molecule has 0 aliphatic carbocycles. The van der Waals surface area contributed by atoms with Gasteiger partial charge < -0.3 is 5.32 Å². The summed E-state index contributed by atoms with van der Waals surface area (Å²) in [7, 11) is -3.58. The van der Waals surface area contributed by atoms with Gasteiger partial charge in [-0.3, -0.25) is 4.72 Å². The second-order valence-corrected chi connectivity index (χ2v) is 7.67. The summed E-state index contributed by atoms with van der Waals surface area (Å²) in [4.78, 5) is 0.250. The average Bonchev–Trinajstić information content (AvgIpc) is 2.59. The molecule has 0 unspecified atom stereocenters. The van der Waals surface area contributed by atoms with Crippen LogP contribution in [0.3, 0.4) is 0 Å². The van der Waals surface area contributed by atoms with E-state index in [1.807, 2.05) is 50.2 Å². The normalized spacial score (nSPS) is 11.1. The van der Waals surface area contributed by atoms with Crippen LogP contribution in [0.2, 0.25) is 0 Å². The van der Waals surface area contributed by atoms with Crippen molar-refractivity contribution in [3.63, 3.8) is 0 Å². The van der Waals surface area contributed by atoms with Gasteiger partial charge in [-0.2, -0.15) is 0 Å². The molecule has 25 heavy (non-hydrogen) atoms. The second kappa shape index (κ2) is 6.99. The fourth-order valence-electron chi connectivity index (χ4n) is 2.36. The molecule has 5 heteroatoms. The second-order valence-electron chi connectivity index (χ2n) is 5.99. The lowest BCUT2D eigenvalue weighted by molar-refractivity contribution is 0.601. The van der Waals surface area contributed by atoms with Crippen LogP contribution in [0.15, 0.2) is 77.7 Å². The molecule has 0 saturated heterocycles. The van der Waals surface area contributed by atoms with E-state index in [1.165, 1.54) is 5.56 Å². The van der Waals surface area contributed by atoms with E-state index in [-0.39, 0.29) is 4.90 Å². The standard InChI is InChI=1S/C20H20N2O2S/c1-15-3-7-17(8-4-15)21-18-9-11-19(12-10-18)22-25(23,24)20-13-5-16(2)6-14-20/h3-14,21-22H,1-2H3. The lowest BCUT2D eigenvalue weighted by Gasteiger charge is -2.10. The molecule has 0 atom stereocenters. The molecule has 4 nitrogen and oxygen atoms in total. The van der Waals surface area contributed by atoms with E-state index < -0.39 is 10.0 Å². The van der Waals surface area contributed by atoms with Crippen LogP contribution in [-0.2, 0) is 10.0 Å². The maximum absolute atomic E-state index is 12.4. The molecule has 3 rings (SSSR count). The highest BCUT2D eigenvalue weighted by molar-refractivity contribution is 7.92. The van der Waals surface area contributed by atoms with Crippen molar-refractivity contribution in [1.82, 2.24) is 0 Å². The summed E-state index contributed by atoms with van der Waals surface area (Å²) < 4.78 is 27.4. The van der Waals surface area contributed by atoms with Crippen LogP contribution in [0.25, 0.3) is 0 Å². The lowest BCUT2D eigenvalue weighted by Crippen LogP contribution is -2.12. The van der Waals surface area contributed by atoms with Gasteiger partial charge in [0.25, 0.3) is 10.0 Å². The molecule has 3 aromatic rings. The first kappa shape index (κ1) is 17.0. The number of sulfonamides is 1. The van der Waals surface area contributed by atoms with Gasteiger partial charge in [0.15, 0.2) is 0 Å². The third kappa shape index (κ3) is 4.39. The topological polar surface area (TPSA) is 58.2 Å². The molecule has 0 saturated carbocycles. The molecule has 0 heterocycles. The van der Waals surface area contributed by atoms with Crippen LogP contribution in [0.1, 0.15) is 11.1 Å². The molecule has 0 aromatic heterocycles. The van der Waals surface area contributed by atoms with Crippen molar-refractivity contribution in [2.45, 2.75) is 18.7 Å². The van der Waals surface area contributed by atoms with E-state index >= 15 is 0 Å². The Hall–Kier alpha value is -2.79. The largest absolute Gasteiger partial charge is 0.356 e. The van der Waals surface area contributed by atoms with Gasteiger partial charge in [-0.15, -0.1) is 0 Å². The predicted molar refractivity (Wildman–Crippen MR) is 103 cm³/mol. The molecular formula is C20H20N2O2S. The van der Waals surface area contributed by atoms with Gasteiger partial charge in [-0.1, -0.05) is 35.4 Å². The van der Waals surface area contributed by atoms with Crippen molar-refractivity contribution in [3.8, 4) is 0 Å². The van der Waals surface area contributed by atoms with Gasteiger partial charge in [-0.05, 0) is 62.4 Å². The smallest absolute Gasteiger partial charge is 0.261 e. The summed E-state index contributed by atoms with van der Waals surface area (Å²) in [6, 6.07) is 22.0. The summed E-state index contributed by atoms with van der Waals surface area (Å²) in [5, 5.41) is 3.28. The van der Waals surface area contributed by atoms with Crippen molar-refractivity contribution < 1.29 is 8.42 Å². The van der Waals surface area contributed by atoms with Crippen LogP contribution in [0, 0.1) is 13.8 Å². The molecule has 3 aromatic carbocycles. The molecule has 0 fully saturated rings. The van der Waals surface area contributed by atoms with Crippen molar-refractivity contribution in [1.29, 1.82) is 0 Å². The predicted octanol–water partition coefficient (Wildman–Crippen LogP) is 4.85. The van der Waals surface area contributed by atoms with Crippen molar-refractivity contribution in [3.05, 3.63) is 83.9 Å². The number of aryl methyl sites for hydroxylation is 2. The molecule has 0 aliphatic heterocycles. The van der Waals surface area contributed by atoms with E-state index in [1.54, 1.807) is 36.4 Å². The quantitative estimate of drug-likeness (QED) is 0.690. The SMILES string of the molecule is Cc1ccc(Nc2ccc(NS(=O)(=O)c3ccc(C)cc3)cc2)cc1. The fraction of sp³-hybridized carbons (Fsp3) is 0.100. The van der Waals surface area contributed by atoms with Crippen LogP contribution in [0.5, 0.6) is 0 Å². The van der Waals surface area contributed by atoms with Crippen molar-refractivity contribution >= 4 is 27.1 Å². The highest BCUT2D eigenvalue weighted by Crippen LogP contribution is 2.21. The third-order valence-corrected chi connectivity index (χ3v) is 5.21. The maximum atomic E-state index is 12.4. The Morgan fingerprint density at radius 2 is 1.00 bits per heavy atom. The third-order valence-electron chi connectivity index (χ3n) is 3.81. The Kier molecular flexibility index (Phi) is 4.76. The van der Waals surface area contributed by atoms with Gasteiger partial charge in [-0.25, -0.2) is 8.42 Å². The molecule has 0 amide bonds. The van der Waals surface area contributed by atoms with E-state index in [0.717, 1.165) is 16.9 Å². The van der Waals surface area contributed by atoms with Gasteiger partial charge in [0.05, 0.1) is 4.90 Å². The van der Waals surface area contributed by atoms with Crippen LogP contribution in [-0.4, -0.2) is 8.42 Å². The Bertz CT molecular complexity index is 946. The van der Waals surface area contributed by atoms with Gasteiger partial charge in [0, 0.05) is 17.1 Å². The average molecular weight is 352 g/mol. The minimum Gasteiger partial charge on any atom is -0.356 e. The number of rotatable bonds is 5. The molecule has 0 radical (unpaired) electrons. The zero-order chi connectivity index (χ0) is 17.9. The summed E-state index contributed by atoms with van der Waals surface area (Å²) >= 11 is 0. The first-order chi connectivity index (χ1) is 11.9. The van der Waals surface area contributed by atoms with Crippen LogP contribution >= 0.6 is 0 Å². The van der Waals surface area contributed by atoms with E-state index in [9.17, 15) is 8.42 Å². The zero-order valence-electron chi connectivity index (χ0n) is 14.2. The molecule has 0 bridgehead atoms. The summed E-state index contributed by atoms with van der Waals surface area (Å²) in [6.45, 7) is 3.96. The monoisotopic (exact) mass is 352 g/mol. The molecule has 0 aliphatic rings. The fourth-order valence-corrected chi connectivity index (χ4v) is 3.42. The number of benzene rings is 3. The number of hydrogen-bond acceptors (Lipinski definition) is 3. The maximum Gasteiger partial charge on any atom is 0.261 e. The number of hydrogen-bond donors (Lipinski definition) is 2. The lowest BCUT2D eigenvalue weighted by atomic mass is 10.2. The van der Waals surface area contributed by atoms with Gasteiger partial charge in [0.2, 0.25) is 0 Å². The number of anilines is 3. The molecule has 128 valence electrons. The van der Waals surface area contributed by atoms with Crippen LogP contribution in [0.4, 0.5) is 17.1 Å². The van der Waals surface area contributed by atoms with E-state index in [4.69, 9.17) is 0 Å². The molecular weight excluding hydrogens is 332 g/mol. The summed E-state index contributed by atoms with van der Waals surface area (Å²) in [6.07, 6.45) is 0. The van der Waals surface area contributed by atoms with Gasteiger partial charge in [0.1, 0.15) is 0 Å². The molecule has 2 N–H and O–H groups in total. The van der Waals surface area contributed by atoms with Crippen LogP contribution < -0.4 is 10.0 Å². The van der Waals surface area contributed by atoms with Crippen molar-refractivity contribution in [2.75, 3.05) is 10.0 Å². The Labute approximate surface area is 148 Å². The Morgan fingerprint density at radius 3 is 1.52 bits per heavy atom. The van der Waals surface area contributed by atoms with E-state index in [2.05, 4.69) is 10.0 Å². The Morgan fingerprint density at radius 1 is 0.600 bits per heavy atom. The van der Waals surface area contributed by atoms with Crippen molar-refractivity contribution in [2.24, 2.45) is 0 Å². The molecule has 0 spiro atoms. The van der Waals surface area contributed by atoms with E-state index in [0.29, 0.717) is 5.69 Å². The summed E-state index contributed by atoms with van der Waals surface area (Å²) in [5.74, 6) is 0. The first-order valence-electron chi connectivity index (χ1n) is 7.96. The zero-order valence-corrected chi connectivity index (χ0v) is 15.0. The minimum absolute atomic E-state index is 0.250. The minimum atomic E-state index is -3.58. The highest BCUT2D eigenvalue weighted by Gasteiger charge is 2.13.